The van der Waals surface area contributed by atoms with Crippen molar-refractivity contribution < 1.29 is 0 Å². The van der Waals surface area contributed by atoms with Gasteiger partial charge in [-0.25, -0.2) is 0 Å². The molecule has 0 aliphatic heterocycles. The van der Waals surface area contributed by atoms with Crippen LogP contribution < -0.4 is 0 Å². The lowest BCUT2D eigenvalue weighted by molar-refractivity contribution is 0.991. The van der Waals surface area contributed by atoms with Crippen LogP contribution in [-0.2, 0) is 0 Å². The maximum Gasteiger partial charge on any atom is -0.0244 e. The van der Waals surface area contributed by atoms with Gasteiger partial charge in [-0.05, 0) is 18.4 Å². The standard InChI is InChI=1S/C12H14/c1-2-3-4-6-9-12-10-7-5-8-11-12/h2-7,9-10H,1,8,11H2/b4-3-,9-6-. The third-order valence-corrected chi connectivity index (χ3v) is 1.71. The fraction of sp³-hybridized carbons (Fsp3) is 0.167. The smallest absolute Gasteiger partial charge is 0.0244 e. The van der Waals surface area contributed by atoms with Crippen LogP contribution in [-0.4, -0.2) is 0 Å². The molecular weight excluding hydrogens is 144 g/mol. The molecule has 0 nitrogen and oxygen atoms in total. The molecule has 0 saturated carbocycles. The molecule has 0 atom stereocenters. The molecule has 0 saturated heterocycles. The van der Waals surface area contributed by atoms with E-state index >= 15 is 0 Å². The van der Waals surface area contributed by atoms with Crippen LogP contribution in [0.4, 0.5) is 0 Å². The van der Waals surface area contributed by atoms with Crippen LogP contribution in [0.5, 0.6) is 0 Å². The Labute approximate surface area is 74.3 Å². The molecule has 0 bridgehead atoms. The van der Waals surface area contributed by atoms with E-state index in [1.54, 1.807) is 6.08 Å². The molecule has 0 unspecified atom stereocenters. The molecular formula is C12H14. The number of rotatable bonds is 3. The summed E-state index contributed by atoms with van der Waals surface area (Å²) in [7, 11) is 0. The predicted molar refractivity (Wildman–Crippen MR) is 54.9 cm³/mol. The van der Waals surface area contributed by atoms with Gasteiger partial charge in [-0.2, -0.15) is 0 Å². The summed E-state index contributed by atoms with van der Waals surface area (Å²) in [5, 5.41) is 0. The minimum atomic E-state index is 1.16. The van der Waals surface area contributed by atoms with Gasteiger partial charge in [0, 0.05) is 0 Å². The molecule has 0 aromatic carbocycles. The van der Waals surface area contributed by atoms with Gasteiger partial charge in [-0.1, -0.05) is 55.2 Å². The first-order chi connectivity index (χ1) is 5.93. The molecule has 1 rings (SSSR count). The van der Waals surface area contributed by atoms with E-state index < -0.39 is 0 Å². The molecule has 0 fully saturated rings. The lowest BCUT2D eigenvalue weighted by atomic mass is 10.1. The van der Waals surface area contributed by atoms with E-state index in [1.165, 1.54) is 12.0 Å². The first-order valence-corrected chi connectivity index (χ1v) is 4.25. The Bertz CT molecular complexity index is 249. The van der Waals surface area contributed by atoms with E-state index in [1.807, 2.05) is 18.2 Å². The van der Waals surface area contributed by atoms with Gasteiger partial charge in [-0.15, -0.1) is 0 Å². The molecule has 0 radical (unpaired) electrons. The van der Waals surface area contributed by atoms with Gasteiger partial charge in [0.15, 0.2) is 0 Å². The van der Waals surface area contributed by atoms with Crippen LogP contribution in [0.1, 0.15) is 12.8 Å². The summed E-state index contributed by atoms with van der Waals surface area (Å²) in [6.07, 6.45) is 18.7. The zero-order valence-electron chi connectivity index (χ0n) is 7.24. The normalized spacial score (nSPS) is 17.2. The van der Waals surface area contributed by atoms with E-state index in [0.29, 0.717) is 0 Å². The second kappa shape index (κ2) is 5.36. The van der Waals surface area contributed by atoms with Crippen molar-refractivity contribution in [1.82, 2.24) is 0 Å². The lowest BCUT2D eigenvalue weighted by Gasteiger charge is -2.01. The zero-order valence-corrected chi connectivity index (χ0v) is 7.24. The second-order valence-corrected chi connectivity index (χ2v) is 2.69. The van der Waals surface area contributed by atoms with Crippen molar-refractivity contribution in [2.75, 3.05) is 0 Å². The number of hydrogen-bond donors (Lipinski definition) is 0. The molecule has 12 heavy (non-hydrogen) atoms. The van der Waals surface area contributed by atoms with Crippen molar-refractivity contribution in [1.29, 1.82) is 0 Å². The Morgan fingerprint density at radius 3 is 2.83 bits per heavy atom. The van der Waals surface area contributed by atoms with Gasteiger partial charge >= 0.3 is 0 Å². The fourth-order valence-electron chi connectivity index (χ4n) is 1.08. The Hall–Kier alpha value is -1.30. The molecule has 1 aliphatic rings. The zero-order chi connectivity index (χ0) is 8.65. The fourth-order valence-corrected chi connectivity index (χ4v) is 1.08. The maximum absolute atomic E-state index is 3.60. The SMILES string of the molecule is C=C/C=C\C=C/C1=CC=CCC1. The molecule has 0 aromatic heterocycles. The Balaban J connectivity index is 2.44. The molecule has 62 valence electrons. The first kappa shape index (κ1) is 8.79. The molecule has 0 heterocycles. The summed E-state index contributed by atoms with van der Waals surface area (Å²) in [5.41, 5.74) is 1.39. The molecule has 0 amide bonds. The van der Waals surface area contributed by atoms with Crippen LogP contribution in [0.3, 0.4) is 0 Å². The first-order valence-electron chi connectivity index (χ1n) is 4.25. The average molecular weight is 158 g/mol. The van der Waals surface area contributed by atoms with Gasteiger partial charge < -0.3 is 0 Å². The van der Waals surface area contributed by atoms with Crippen LogP contribution in [0.15, 0.2) is 60.8 Å². The highest BCUT2D eigenvalue weighted by Crippen LogP contribution is 2.12. The Kier molecular flexibility index (Phi) is 3.93. The minimum absolute atomic E-state index is 1.16. The van der Waals surface area contributed by atoms with Crippen molar-refractivity contribution in [3.05, 3.63) is 60.8 Å². The highest BCUT2D eigenvalue weighted by Gasteiger charge is 1.92. The van der Waals surface area contributed by atoms with Crippen LogP contribution in [0.2, 0.25) is 0 Å². The summed E-state index contributed by atoms with van der Waals surface area (Å²) in [6, 6.07) is 0. The average Bonchev–Trinajstić information content (AvgIpc) is 2.14. The molecule has 0 spiro atoms. The van der Waals surface area contributed by atoms with Gasteiger partial charge in [-0.3, -0.25) is 0 Å². The van der Waals surface area contributed by atoms with Crippen LogP contribution in [0, 0.1) is 0 Å². The highest BCUT2D eigenvalue weighted by molar-refractivity contribution is 5.29. The van der Waals surface area contributed by atoms with Crippen molar-refractivity contribution >= 4 is 0 Å². The van der Waals surface area contributed by atoms with Crippen molar-refractivity contribution in [2.45, 2.75) is 12.8 Å². The van der Waals surface area contributed by atoms with Crippen molar-refractivity contribution in [3.8, 4) is 0 Å². The van der Waals surface area contributed by atoms with Gasteiger partial charge in [0.05, 0.1) is 0 Å². The van der Waals surface area contributed by atoms with E-state index in [4.69, 9.17) is 0 Å². The minimum Gasteiger partial charge on any atom is -0.0991 e. The number of hydrogen-bond acceptors (Lipinski definition) is 0. The summed E-state index contributed by atoms with van der Waals surface area (Å²) >= 11 is 0. The summed E-state index contributed by atoms with van der Waals surface area (Å²) in [5.74, 6) is 0. The maximum atomic E-state index is 3.60. The van der Waals surface area contributed by atoms with E-state index in [9.17, 15) is 0 Å². The van der Waals surface area contributed by atoms with Gasteiger partial charge in [0.25, 0.3) is 0 Å². The lowest BCUT2D eigenvalue weighted by Crippen LogP contribution is -1.81. The summed E-state index contributed by atoms with van der Waals surface area (Å²) in [6.45, 7) is 3.60. The summed E-state index contributed by atoms with van der Waals surface area (Å²) in [4.78, 5) is 0. The predicted octanol–water partition coefficient (Wildman–Crippen LogP) is 3.56. The molecule has 0 aromatic rings. The Morgan fingerprint density at radius 1 is 1.25 bits per heavy atom. The van der Waals surface area contributed by atoms with Gasteiger partial charge in [0.1, 0.15) is 0 Å². The topological polar surface area (TPSA) is 0 Å². The van der Waals surface area contributed by atoms with Crippen molar-refractivity contribution in [2.24, 2.45) is 0 Å². The van der Waals surface area contributed by atoms with E-state index in [0.717, 1.165) is 6.42 Å². The van der Waals surface area contributed by atoms with Gasteiger partial charge in [0.2, 0.25) is 0 Å². The monoisotopic (exact) mass is 158 g/mol. The largest absolute Gasteiger partial charge is 0.0991 e. The third-order valence-electron chi connectivity index (χ3n) is 1.71. The summed E-state index contributed by atoms with van der Waals surface area (Å²) < 4.78 is 0. The Morgan fingerprint density at radius 2 is 2.17 bits per heavy atom. The van der Waals surface area contributed by atoms with E-state index in [-0.39, 0.29) is 0 Å². The quantitative estimate of drug-likeness (QED) is 0.551. The van der Waals surface area contributed by atoms with Crippen molar-refractivity contribution in [3.63, 3.8) is 0 Å². The highest BCUT2D eigenvalue weighted by atomic mass is 14.0. The molecule has 0 N–H and O–H groups in total. The third kappa shape index (κ3) is 3.20. The second-order valence-electron chi connectivity index (χ2n) is 2.69. The molecule has 0 heteroatoms. The molecule has 1 aliphatic carbocycles. The van der Waals surface area contributed by atoms with Crippen LogP contribution >= 0.6 is 0 Å². The van der Waals surface area contributed by atoms with E-state index in [2.05, 4.69) is 30.9 Å². The number of allylic oxidation sites excluding steroid dienone is 9. The van der Waals surface area contributed by atoms with Crippen LogP contribution in [0.25, 0.3) is 0 Å².